The molecule has 0 amide bonds. The number of nitrogen functional groups attached to an aromatic ring is 1. The summed E-state index contributed by atoms with van der Waals surface area (Å²) in [6.07, 6.45) is 2.59. The highest BCUT2D eigenvalue weighted by atomic mass is 19.1. The Balaban J connectivity index is 2.06. The van der Waals surface area contributed by atoms with Crippen LogP contribution in [0.3, 0.4) is 0 Å². The van der Waals surface area contributed by atoms with Crippen molar-refractivity contribution in [1.82, 2.24) is 19.7 Å². The van der Waals surface area contributed by atoms with Crippen LogP contribution in [0.2, 0.25) is 0 Å². The van der Waals surface area contributed by atoms with Gasteiger partial charge in [0.05, 0.1) is 11.1 Å². The fraction of sp³-hybridized carbons (Fsp3) is 0. The Hall–Kier alpha value is -2.83. The van der Waals surface area contributed by atoms with Gasteiger partial charge >= 0.3 is 0 Å². The molecule has 2 N–H and O–H groups in total. The third kappa shape index (κ3) is 2.01. The molecule has 0 bridgehead atoms. The van der Waals surface area contributed by atoms with Crippen LogP contribution in [0.4, 0.5) is 10.3 Å². The predicted octanol–water partition coefficient (Wildman–Crippen LogP) is 1.24. The number of halogens is 1. The number of carbonyl (C=O) groups is 1. The van der Waals surface area contributed by atoms with Gasteiger partial charge in [0, 0.05) is 17.6 Å². The average Bonchev–Trinajstić information content (AvgIpc) is 2.84. The minimum Gasteiger partial charge on any atom is -0.366 e. The Morgan fingerprint density at radius 2 is 2.11 bits per heavy atom. The summed E-state index contributed by atoms with van der Waals surface area (Å²) < 4.78 is 14.0. The minimum atomic E-state index is -0.400. The van der Waals surface area contributed by atoms with E-state index in [0.717, 1.165) is 4.68 Å². The molecule has 0 aliphatic rings. The highest BCUT2D eigenvalue weighted by Crippen LogP contribution is 2.15. The van der Waals surface area contributed by atoms with Crippen molar-refractivity contribution in [2.45, 2.75) is 0 Å². The SMILES string of the molecule is Nc1ncn(C(=O)c2cnc3cc(F)ccc3c2)n1. The van der Waals surface area contributed by atoms with Gasteiger partial charge in [-0.3, -0.25) is 9.78 Å². The lowest BCUT2D eigenvalue weighted by atomic mass is 10.1. The molecule has 19 heavy (non-hydrogen) atoms. The molecule has 7 heteroatoms. The smallest absolute Gasteiger partial charge is 0.281 e. The zero-order chi connectivity index (χ0) is 13.4. The van der Waals surface area contributed by atoms with Crippen LogP contribution < -0.4 is 5.73 Å². The number of rotatable bonds is 1. The number of pyridine rings is 1. The number of benzene rings is 1. The van der Waals surface area contributed by atoms with Crippen molar-refractivity contribution in [3.63, 3.8) is 0 Å². The Bertz CT molecular complexity index is 783. The zero-order valence-electron chi connectivity index (χ0n) is 9.62. The van der Waals surface area contributed by atoms with E-state index in [-0.39, 0.29) is 11.8 Å². The molecule has 0 fully saturated rings. The molecule has 0 spiro atoms. The van der Waals surface area contributed by atoms with Gasteiger partial charge in [-0.25, -0.2) is 9.37 Å². The normalized spacial score (nSPS) is 10.8. The molecule has 0 aliphatic heterocycles. The maximum Gasteiger partial charge on any atom is 0.281 e. The molecule has 0 aliphatic carbocycles. The van der Waals surface area contributed by atoms with Crippen LogP contribution in [-0.4, -0.2) is 25.7 Å². The average molecular weight is 257 g/mol. The van der Waals surface area contributed by atoms with Crippen LogP contribution in [0, 0.1) is 5.82 Å². The number of nitrogens with two attached hydrogens (primary N) is 1. The van der Waals surface area contributed by atoms with Crippen LogP contribution in [0.1, 0.15) is 10.4 Å². The summed E-state index contributed by atoms with van der Waals surface area (Å²) >= 11 is 0. The lowest BCUT2D eigenvalue weighted by Gasteiger charge is -2.02. The van der Waals surface area contributed by atoms with Gasteiger partial charge in [0.25, 0.3) is 5.91 Å². The van der Waals surface area contributed by atoms with E-state index in [4.69, 9.17) is 5.73 Å². The van der Waals surface area contributed by atoms with E-state index in [0.29, 0.717) is 16.5 Å². The summed E-state index contributed by atoms with van der Waals surface area (Å²) in [5.74, 6) is -0.754. The van der Waals surface area contributed by atoms with Gasteiger partial charge in [0.1, 0.15) is 12.1 Å². The summed E-state index contributed by atoms with van der Waals surface area (Å²) in [4.78, 5) is 19.8. The lowest BCUT2D eigenvalue weighted by molar-refractivity contribution is 0.0945. The largest absolute Gasteiger partial charge is 0.366 e. The van der Waals surface area contributed by atoms with Crippen molar-refractivity contribution in [3.05, 3.63) is 48.2 Å². The molecule has 0 saturated carbocycles. The molecule has 0 saturated heterocycles. The third-order valence-corrected chi connectivity index (χ3v) is 2.61. The number of hydrogen-bond acceptors (Lipinski definition) is 5. The van der Waals surface area contributed by atoms with Crippen molar-refractivity contribution < 1.29 is 9.18 Å². The fourth-order valence-corrected chi connectivity index (χ4v) is 1.72. The van der Waals surface area contributed by atoms with E-state index in [1.54, 1.807) is 12.1 Å². The molecular weight excluding hydrogens is 249 g/mol. The number of carbonyl (C=O) groups excluding carboxylic acids is 1. The topological polar surface area (TPSA) is 86.7 Å². The van der Waals surface area contributed by atoms with Crippen LogP contribution in [-0.2, 0) is 0 Å². The lowest BCUT2D eigenvalue weighted by Crippen LogP contribution is -2.13. The second-order valence-electron chi connectivity index (χ2n) is 3.91. The van der Waals surface area contributed by atoms with Crippen molar-refractivity contribution in [1.29, 1.82) is 0 Å². The summed E-state index contributed by atoms with van der Waals surface area (Å²) in [6.45, 7) is 0. The second-order valence-corrected chi connectivity index (χ2v) is 3.91. The quantitative estimate of drug-likeness (QED) is 0.708. The van der Waals surface area contributed by atoms with Crippen LogP contribution in [0.25, 0.3) is 10.9 Å². The maximum atomic E-state index is 13.0. The first-order chi connectivity index (χ1) is 9.13. The predicted molar refractivity (Wildman–Crippen MR) is 65.9 cm³/mol. The molecule has 94 valence electrons. The standard InChI is InChI=1S/C12H8FN5O/c13-9-2-1-7-3-8(5-15-10(7)4-9)11(19)18-6-16-12(14)17-18/h1-6H,(H2,14,17). The zero-order valence-corrected chi connectivity index (χ0v) is 9.62. The first-order valence-corrected chi connectivity index (χ1v) is 5.40. The fourth-order valence-electron chi connectivity index (χ4n) is 1.72. The maximum absolute atomic E-state index is 13.0. The molecule has 6 nitrogen and oxygen atoms in total. The Kier molecular flexibility index (Phi) is 2.45. The highest BCUT2D eigenvalue weighted by molar-refractivity contribution is 5.98. The molecule has 0 radical (unpaired) electrons. The molecule has 3 rings (SSSR count). The van der Waals surface area contributed by atoms with E-state index in [2.05, 4.69) is 15.1 Å². The summed E-state index contributed by atoms with van der Waals surface area (Å²) in [5, 5.41) is 4.39. The Morgan fingerprint density at radius 1 is 1.26 bits per heavy atom. The molecule has 3 aromatic rings. The summed E-state index contributed by atoms with van der Waals surface area (Å²) in [5.41, 5.74) is 6.15. The Morgan fingerprint density at radius 3 is 2.84 bits per heavy atom. The molecular formula is C12H8FN5O. The molecule has 2 heterocycles. The second kappa shape index (κ2) is 4.13. The van der Waals surface area contributed by atoms with E-state index < -0.39 is 5.91 Å². The number of anilines is 1. The Labute approximate surface area is 106 Å². The summed E-state index contributed by atoms with van der Waals surface area (Å²) in [7, 11) is 0. The highest BCUT2D eigenvalue weighted by Gasteiger charge is 2.11. The van der Waals surface area contributed by atoms with Crippen LogP contribution in [0.15, 0.2) is 36.8 Å². The van der Waals surface area contributed by atoms with E-state index in [1.807, 2.05) is 0 Å². The molecule has 0 unspecified atom stereocenters. The monoisotopic (exact) mass is 257 g/mol. The minimum absolute atomic E-state index is 0.0177. The van der Waals surface area contributed by atoms with E-state index >= 15 is 0 Å². The van der Waals surface area contributed by atoms with Crippen molar-refractivity contribution in [3.8, 4) is 0 Å². The molecule has 1 aromatic carbocycles. The van der Waals surface area contributed by atoms with Gasteiger partial charge in [-0.05, 0) is 18.2 Å². The summed E-state index contributed by atoms with van der Waals surface area (Å²) in [6, 6.07) is 5.79. The molecule has 0 atom stereocenters. The number of hydrogen-bond donors (Lipinski definition) is 1. The molecule has 2 aromatic heterocycles. The van der Waals surface area contributed by atoms with Crippen LogP contribution >= 0.6 is 0 Å². The van der Waals surface area contributed by atoms with Gasteiger partial charge < -0.3 is 5.73 Å². The van der Waals surface area contributed by atoms with Gasteiger partial charge in [0.15, 0.2) is 0 Å². The van der Waals surface area contributed by atoms with Crippen molar-refractivity contribution >= 4 is 22.8 Å². The van der Waals surface area contributed by atoms with Gasteiger partial charge in [-0.1, -0.05) is 0 Å². The number of fused-ring (bicyclic) bond motifs is 1. The first kappa shape index (κ1) is 11.3. The van der Waals surface area contributed by atoms with Crippen molar-refractivity contribution in [2.24, 2.45) is 0 Å². The van der Waals surface area contributed by atoms with Gasteiger partial charge in [0.2, 0.25) is 5.95 Å². The van der Waals surface area contributed by atoms with Gasteiger partial charge in [-0.15, -0.1) is 5.10 Å². The van der Waals surface area contributed by atoms with E-state index in [9.17, 15) is 9.18 Å². The first-order valence-electron chi connectivity index (χ1n) is 5.40. The number of nitrogens with zero attached hydrogens (tertiary/aromatic N) is 4. The van der Waals surface area contributed by atoms with E-state index in [1.165, 1.54) is 24.7 Å². The third-order valence-electron chi connectivity index (χ3n) is 2.61. The van der Waals surface area contributed by atoms with Crippen molar-refractivity contribution in [2.75, 3.05) is 5.73 Å². The van der Waals surface area contributed by atoms with Gasteiger partial charge in [-0.2, -0.15) is 4.68 Å². The van der Waals surface area contributed by atoms with Crippen LogP contribution in [0.5, 0.6) is 0 Å². The number of aromatic nitrogens is 4.